The Morgan fingerprint density at radius 2 is 2.00 bits per heavy atom. The largest absolute Gasteiger partial charge is 0.396 e. The Bertz CT molecular complexity index is 373. The van der Waals surface area contributed by atoms with Crippen molar-refractivity contribution in [1.82, 2.24) is 5.32 Å². The molecule has 1 aliphatic rings. The van der Waals surface area contributed by atoms with Crippen LogP contribution in [0.1, 0.15) is 44.2 Å². The van der Waals surface area contributed by atoms with Crippen LogP contribution in [0.2, 0.25) is 5.02 Å². The molecule has 0 bridgehead atoms. The Kier molecular flexibility index (Phi) is 4.66. The van der Waals surface area contributed by atoms with Gasteiger partial charge in [-0.25, -0.2) is 0 Å². The van der Waals surface area contributed by atoms with Crippen molar-refractivity contribution in [1.29, 1.82) is 0 Å². The van der Waals surface area contributed by atoms with E-state index in [-0.39, 0.29) is 5.41 Å². The van der Waals surface area contributed by atoms with E-state index in [0.29, 0.717) is 12.6 Å². The molecule has 1 aromatic carbocycles. The van der Waals surface area contributed by atoms with Gasteiger partial charge in [-0.2, -0.15) is 0 Å². The number of halogens is 1. The molecule has 3 heteroatoms. The van der Waals surface area contributed by atoms with Crippen LogP contribution >= 0.6 is 11.6 Å². The highest BCUT2D eigenvalue weighted by molar-refractivity contribution is 6.30. The molecule has 1 aliphatic carbocycles. The Labute approximate surface area is 114 Å². The monoisotopic (exact) mass is 267 g/mol. The van der Waals surface area contributed by atoms with Crippen molar-refractivity contribution < 1.29 is 5.11 Å². The van der Waals surface area contributed by atoms with Crippen molar-refractivity contribution in [3.63, 3.8) is 0 Å². The third-order valence-electron chi connectivity index (χ3n) is 3.87. The first-order valence-corrected chi connectivity index (χ1v) is 7.17. The lowest BCUT2D eigenvalue weighted by Crippen LogP contribution is -2.30. The van der Waals surface area contributed by atoms with Gasteiger partial charge in [0, 0.05) is 29.6 Å². The molecule has 18 heavy (non-hydrogen) atoms. The molecule has 2 N–H and O–H groups in total. The Morgan fingerprint density at radius 1 is 1.33 bits per heavy atom. The van der Waals surface area contributed by atoms with Crippen molar-refractivity contribution >= 4 is 11.6 Å². The molecule has 1 saturated carbocycles. The lowest BCUT2D eigenvalue weighted by atomic mass is 10.0. The molecule has 0 aliphatic heterocycles. The van der Waals surface area contributed by atoms with E-state index in [0.717, 1.165) is 37.3 Å². The first-order chi connectivity index (χ1) is 8.69. The molecule has 0 amide bonds. The van der Waals surface area contributed by atoms with Crippen LogP contribution < -0.4 is 5.32 Å². The maximum Gasteiger partial charge on any atom is 0.0499 e. The summed E-state index contributed by atoms with van der Waals surface area (Å²) in [6.45, 7) is 3.42. The summed E-state index contributed by atoms with van der Waals surface area (Å²) in [6.07, 6.45) is 4.56. The van der Waals surface area contributed by atoms with Crippen LogP contribution in [0.4, 0.5) is 0 Å². The molecule has 0 spiro atoms. The predicted molar refractivity (Wildman–Crippen MR) is 75.9 cm³/mol. The summed E-state index contributed by atoms with van der Waals surface area (Å²) in [5.41, 5.74) is 1.45. The van der Waals surface area contributed by atoms with E-state index in [9.17, 15) is 5.11 Å². The van der Waals surface area contributed by atoms with Gasteiger partial charge in [0.25, 0.3) is 0 Å². The lowest BCUT2D eigenvalue weighted by Gasteiger charge is -2.22. The topological polar surface area (TPSA) is 32.3 Å². The molecule has 1 aromatic rings. The summed E-state index contributed by atoms with van der Waals surface area (Å²) in [5, 5.41) is 13.7. The summed E-state index contributed by atoms with van der Waals surface area (Å²) in [4.78, 5) is 0. The minimum Gasteiger partial charge on any atom is -0.396 e. The second kappa shape index (κ2) is 6.05. The van der Waals surface area contributed by atoms with Gasteiger partial charge in [-0.3, -0.25) is 0 Å². The molecular weight excluding hydrogens is 246 g/mol. The number of aliphatic hydroxyl groups is 1. The number of benzene rings is 1. The molecule has 1 fully saturated rings. The van der Waals surface area contributed by atoms with E-state index in [4.69, 9.17) is 11.6 Å². The summed E-state index contributed by atoms with van der Waals surface area (Å²) in [6, 6.07) is 8.44. The zero-order valence-corrected chi connectivity index (χ0v) is 11.7. The van der Waals surface area contributed by atoms with Gasteiger partial charge in [0.05, 0.1) is 0 Å². The van der Waals surface area contributed by atoms with Crippen LogP contribution in [0.25, 0.3) is 0 Å². The number of nitrogens with one attached hydrogen (secondary N) is 1. The van der Waals surface area contributed by atoms with Gasteiger partial charge in [0.2, 0.25) is 0 Å². The van der Waals surface area contributed by atoms with Gasteiger partial charge in [-0.15, -0.1) is 0 Å². The highest BCUT2D eigenvalue weighted by atomic mass is 35.5. The SMILES string of the molecule is CCCC(NCC1(CO)CC1)c1ccc(Cl)cc1. The minimum atomic E-state index is 0.165. The van der Waals surface area contributed by atoms with E-state index in [1.54, 1.807) is 0 Å². The van der Waals surface area contributed by atoms with E-state index in [1.807, 2.05) is 12.1 Å². The summed E-state index contributed by atoms with van der Waals surface area (Å²) in [5.74, 6) is 0. The van der Waals surface area contributed by atoms with Gasteiger partial charge in [0.15, 0.2) is 0 Å². The third-order valence-corrected chi connectivity index (χ3v) is 4.12. The Balaban J connectivity index is 1.97. The molecule has 0 saturated heterocycles. The number of hydrogen-bond acceptors (Lipinski definition) is 2. The zero-order valence-electron chi connectivity index (χ0n) is 11.0. The molecule has 2 rings (SSSR count). The summed E-state index contributed by atoms with van der Waals surface area (Å²) < 4.78 is 0. The predicted octanol–water partition coefficient (Wildman–Crippen LogP) is 3.54. The maximum absolute atomic E-state index is 9.35. The second-order valence-electron chi connectivity index (χ2n) is 5.43. The van der Waals surface area contributed by atoms with Crippen LogP contribution in [0.3, 0.4) is 0 Å². The normalized spacial score (nSPS) is 18.6. The van der Waals surface area contributed by atoms with Gasteiger partial charge < -0.3 is 10.4 Å². The fraction of sp³-hybridized carbons (Fsp3) is 0.600. The molecule has 100 valence electrons. The van der Waals surface area contributed by atoms with Crippen molar-refractivity contribution in [2.75, 3.05) is 13.2 Å². The highest BCUT2D eigenvalue weighted by Gasteiger charge is 2.41. The third kappa shape index (κ3) is 3.47. The highest BCUT2D eigenvalue weighted by Crippen LogP contribution is 2.44. The molecular formula is C15H22ClNO. The minimum absolute atomic E-state index is 0.165. The number of rotatable bonds is 7. The fourth-order valence-electron chi connectivity index (χ4n) is 2.28. The average Bonchev–Trinajstić information content (AvgIpc) is 3.16. The van der Waals surface area contributed by atoms with E-state index >= 15 is 0 Å². The van der Waals surface area contributed by atoms with E-state index in [1.165, 1.54) is 5.56 Å². The molecule has 0 heterocycles. The molecule has 2 nitrogen and oxygen atoms in total. The van der Waals surface area contributed by atoms with Crippen molar-refractivity contribution in [2.45, 2.75) is 38.6 Å². The molecule has 1 atom stereocenters. The quantitative estimate of drug-likeness (QED) is 0.792. The Hall–Kier alpha value is -0.570. The van der Waals surface area contributed by atoms with Crippen molar-refractivity contribution in [3.8, 4) is 0 Å². The zero-order chi connectivity index (χ0) is 13.0. The van der Waals surface area contributed by atoms with Gasteiger partial charge >= 0.3 is 0 Å². The van der Waals surface area contributed by atoms with Gasteiger partial charge in [-0.1, -0.05) is 37.1 Å². The second-order valence-corrected chi connectivity index (χ2v) is 5.87. The molecule has 1 unspecified atom stereocenters. The van der Waals surface area contributed by atoms with Gasteiger partial charge in [-0.05, 0) is 37.0 Å². The summed E-state index contributed by atoms with van der Waals surface area (Å²) in [7, 11) is 0. The van der Waals surface area contributed by atoms with E-state index < -0.39 is 0 Å². The van der Waals surface area contributed by atoms with E-state index in [2.05, 4.69) is 24.4 Å². The number of hydrogen-bond donors (Lipinski definition) is 2. The van der Waals surface area contributed by atoms with Crippen LogP contribution in [0, 0.1) is 5.41 Å². The fourth-order valence-corrected chi connectivity index (χ4v) is 2.40. The van der Waals surface area contributed by atoms with Crippen molar-refractivity contribution in [2.24, 2.45) is 5.41 Å². The van der Waals surface area contributed by atoms with Crippen LogP contribution in [0.5, 0.6) is 0 Å². The van der Waals surface area contributed by atoms with Crippen LogP contribution in [-0.2, 0) is 0 Å². The number of aliphatic hydroxyl groups excluding tert-OH is 1. The molecule has 0 radical (unpaired) electrons. The maximum atomic E-state index is 9.35. The standard InChI is InChI=1S/C15H22ClNO/c1-2-3-14(12-4-6-13(16)7-5-12)17-10-15(11-18)8-9-15/h4-7,14,17-18H,2-3,8-11H2,1H3. The lowest BCUT2D eigenvalue weighted by molar-refractivity contribution is 0.203. The smallest absolute Gasteiger partial charge is 0.0499 e. The Morgan fingerprint density at radius 3 is 2.50 bits per heavy atom. The van der Waals surface area contributed by atoms with Gasteiger partial charge in [0.1, 0.15) is 0 Å². The first kappa shape index (κ1) is 13.9. The van der Waals surface area contributed by atoms with Crippen LogP contribution in [0.15, 0.2) is 24.3 Å². The summed E-state index contributed by atoms with van der Waals surface area (Å²) >= 11 is 5.92. The molecule has 0 aromatic heterocycles. The van der Waals surface area contributed by atoms with Crippen LogP contribution in [-0.4, -0.2) is 18.3 Å². The first-order valence-electron chi connectivity index (χ1n) is 6.79. The average molecular weight is 268 g/mol. The van der Waals surface area contributed by atoms with Crippen molar-refractivity contribution in [3.05, 3.63) is 34.9 Å².